The molecule has 0 spiro atoms. The van der Waals surface area contributed by atoms with Gasteiger partial charge in [-0.25, -0.2) is 4.79 Å². The van der Waals surface area contributed by atoms with Crippen LogP contribution >= 0.6 is 0 Å². The topological polar surface area (TPSA) is 67.9 Å². The lowest BCUT2D eigenvalue weighted by Crippen LogP contribution is -2.36. The quantitative estimate of drug-likeness (QED) is 0.798. The van der Waals surface area contributed by atoms with E-state index in [2.05, 4.69) is 5.32 Å². The molecule has 1 N–H and O–H groups in total. The number of nitrogens with one attached hydrogen (secondary N) is 1. The monoisotopic (exact) mass is 249 g/mol. The van der Waals surface area contributed by atoms with E-state index in [1.165, 1.54) is 0 Å². The van der Waals surface area contributed by atoms with Crippen LogP contribution in [0.2, 0.25) is 0 Å². The molecule has 1 aromatic carbocycles. The van der Waals surface area contributed by atoms with E-state index >= 15 is 0 Å². The number of carbonyl (C=O) groups is 2. The summed E-state index contributed by atoms with van der Waals surface area (Å²) in [6, 6.07) is 9.34. The minimum absolute atomic E-state index is 0.0654. The molecule has 0 bridgehead atoms. The van der Waals surface area contributed by atoms with E-state index in [-0.39, 0.29) is 18.9 Å². The van der Waals surface area contributed by atoms with Crippen LogP contribution in [0.1, 0.15) is 12.5 Å². The van der Waals surface area contributed by atoms with Gasteiger partial charge in [0, 0.05) is 0 Å². The third-order valence-corrected chi connectivity index (χ3v) is 2.77. The molecule has 96 valence electrons. The molecule has 1 saturated heterocycles. The Bertz CT molecular complexity index is 440. The summed E-state index contributed by atoms with van der Waals surface area (Å²) >= 11 is 0. The number of carbonyl (C=O) groups excluding carboxylic acids is 2. The van der Waals surface area contributed by atoms with Gasteiger partial charge in [-0.05, 0) is 12.5 Å². The zero-order valence-electron chi connectivity index (χ0n) is 10.1. The van der Waals surface area contributed by atoms with E-state index in [0.717, 1.165) is 5.56 Å². The molecule has 1 aliphatic rings. The average molecular weight is 249 g/mol. The lowest BCUT2D eigenvalue weighted by atomic mass is 10.1. The molecule has 1 aliphatic heterocycles. The van der Waals surface area contributed by atoms with Crippen molar-refractivity contribution >= 4 is 11.9 Å². The van der Waals surface area contributed by atoms with Crippen LogP contribution in [0.4, 0.5) is 4.79 Å². The second kappa shape index (κ2) is 5.18. The number of hydrogen-bond acceptors (Lipinski definition) is 4. The van der Waals surface area contributed by atoms with Crippen molar-refractivity contribution in [1.82, 2.24) is 5.32 Å². The van der Waals surface area contributed by atoms with Crippen molar-refractivity contribution in [2.75, 3.05) is 13.2 Å². The Kier molecular flexibility index (Phi) is 3.62. The highest BCUT2D eigenvalue weighted by atomic mass is 16.6. The van der Waals surface area contributed by atoms with Crippen LogP contribution in [0.5, 0.6) is 0 Å². The van der Waals surface area contributed by atoms with Gasteiger partial charge in [0.15, 0.2) is 5.78 Å². The van der Waals surface area contributed by atoms with Crippen LogP contribution < -0.4 is 5.32 Å². The van der Waals surface area contributed by atoms with Gasteiger partial charge in [0.2, 0.25) is 0 Å². The van der Waals surface area contributed by atoms with Crippen molar-refractivity contribution in [2.24, 2.45) is 0 Å². The Morgan fingerprint density at radius 1 is 1.39 bits per heavy atom. The van der Waals surface area contributed by atoms with Gasteiger partial charge >= 0.3 is 6.09 Å². The van der Waals surface area contributed by atoms with Gasteiger partial charge < -0.3 is 14.8 Å². The SMILES string of the molecule is C[C@@]1(C(=O)CNC(=O)OCc2ccccc2)CO1. The molecule has 1 heterocycles. The zero-order chi connectivity index (χ0) is 13.0. The molecule has 18 heavy (non-hydrogen) atoms. The molecule has 0 unspecified atom stereocenters. The number of amides is 1. The van der Waals surface area contributed by atoms with Crippen molar-refractivity contribution in [3.8, 4) is 0 Å². The Balaban J connectivity index is 1.68. The molecule has 2 rings (SSSR count). The maximum absolute atomic E-state index is 11.5. The van der Waals surface area contributed by atoms with Crippen LogP contribution in [0.15, 0.2) is 30.3 Å². The number of rotatable bonds is 5. The summed E-state index contributed by atoms with van der Waals surface area (Å²) in [6.07, 6.45) is -0.601. The second-order valence-corrected chi connectivity index (χ2v) is 4.36. The number of benzene rings is 1. The van der Waals surface area contributed by atoms with Crippen molar-refractivity contribution in [1.29, 1.82) is 0 Å². The smallest absolute Gasteiger partial charge is 0.407 e. The number of Topliss-reactive ketones (excluding diaryl/α,β-unsaturated/α-hetero) is 1. The maximum Gasteiger partial charge on any atom is 0.407 e. The molecular formula is C13H15NO4. The summed E-state index contributed by atoms with van der Waals surface area (Å²) in [7, 11) is 0. The van der Waals surface area contributed by atoms with E-state index in [0.29, 0.717) is 6.61 Å². The summed E-state index contributed by atoms with van der Waals surface area (Å²) < 4.78 is 9.95. The van der Waals surface area contributed by atoms with E-state index < -0.39 is 11.7 Å². The van der Waals surface area contributed by atoms with Crippen LogP contribution in [-0.2, 0) is 20.9 Å². The molecule has 0 aromatic heterocycles. The predicted octanol–water partition coefficient (Wildman–Crippen LogP) is 1.27. The minimum atomic E-state index is -0.702. The summed E-state index contributed by atoms with van der Waals surface area (Å²) in [4.78, 5) is 22.9. The van der Waals surface area contributed by atoms with Gasteiger partial charge in [0.05, 0.1) is 13.2 Å². The Morgan fingerprint density at radius 3 is 2.67 bits per heavy atom. The Labute approximate surface area is 105 Å². The maximum atomic E-state index is 11.5. The molecule has 5 heteroatoms. The third-order valence-electron chi connectivity index (χ3n) is 2.77. The number of ether oxygens (including phenoxy) is 2. The van der Waals surface area contributed by atoms with Crippen molar-refractivity contribution in [3.05, 3.63) is 35.9 Å². The Morgan fingerprint density at radius 2 is 2.06 bits per heavy atom. The lowest BCUT2D eigenvalue weighted by Gasteiger charge is -2.07. The molecule has 1 fully saturated rings. The number of hydrogen-bond donors (Lipinski definition) is 1. The van der Waals surface area contributed by atoms with Crippen molar-refractivity contribution in [2.45, 2.75) is 19.1 Å². The minimum Gasteiger partial charge on any atom is -0.445 e. The summed E-state index contributed by atoms with van der Waals surface area (Å²) in [5, 5.41) is 2.41. The largest absolute Gasteiger partial charge is 0.445 e. The van der Waals surface area contributed by atoms with E-state index in [1.54, 1.807) is 6.92 Å². The Hall–Kier alpha value is -1.88. The van der Waals surface area contributed by atoms with Crippen LogP contribution in [0.25, 0.3) is 0 Å². The van der Waals surface area contributed by atoms with Crippen LogP contribution in [-0.4, -0.2) is 30.6 Å². The first-order chi connectivity index (χ1) is 8.60. The fourth-order valence-corrected chi connectivity index (χ4v) is 1.38. The van der Waals surface area contributed by atoms with Gasteiger partial charge in [-0.3, -0.25) is 4.79 Å². The molecule has 1 atom stereocenters. The summed E-state index contributed by atoms with van der Waals surface area (Å²) in [6.45, 7) is 2.25. The molecular weight excluding hydrogens is 234 g/mol. The fourth-order valence-electron chi connectivity index (χ4n) is 1.38. The fraction of sp³-hybridized carbons (Fsp3) is 0.385. The normalized spacial score (nSPS) is 21.2. The molecule has 5 nitrogen and oxygen atoms in total. The van der Waals surface area contributed by atoms with E-state index in [9.17, 15) is 9.59 Å². The molecule has 0 aliphatic carbocycles. The van der Waals surface area contributed by atoms with Gasteiger partial charge in [-0.1, -0.05) is 30.3 Å². The van der Waals surface area contributed by atoms with Crippen molar-refractivity contribution < 1.29 is 19.1 Å². The molecule has 1 amide bonds. The van der Waals surface area contributed by atoms with Crippen molar-refractivity contribution in [3.63, 3.8) is 0 Å². The summed E-state index contributed by atoms with van der Waals surface area (Å²) in [5.41, 5.74) is 0.198. The standard InChI is InChI=1S/C13H15NO4/c1-13(9-18-13)11(15)7-14-12(16)17-8-10-5-3-2-4-6-10/h2-6H,7-9H2,1H3,(H,14,16)/t13-/m0/s1. The van der Waals surface area contributed by atoms with Gasteiger partial charge in [-0.15, -0.1) is 0 Å². The first-order valence-corrected chi connectivity index (χ1v) is 5.72. The van der Waals surface area contributed by atoms with Gasteiger partial charge in [0.1, 0.15) is 12.2 Å². The summed E-state index contributed by atoms with van der Waals surface area (Å²) in [5.74, 6) is -0.140. The van der Waals surface area contributed by atoms with Gasteiger partial charge in [-0.2, -0.15) is 0 Å². The third kappa shape index (κ3) is 3.30. The molecule has 0 radical (unpaired) electrons. The second-order valence-electron chi connectivity index (χ2n) is 4.36. The molecule has 0 saturated carbocycles. The van der Waals surface area contributed by atoms with Crippen LogP contribution in [0, 0.1) is 0 Å². The van der Waals surface area contributed by atoms with Crippen LogP contribution in [0.3, 0.4) is 0 Å². The highest BCUT2D eigenvalue weighted by Gasteiger charge is 2.46. The van der Waals surface area contributed by atoms with Gasteiger partial charge in [0.25, 0.3) is 0 Å². The zero-order valence-corrected chi connectivity index (χ0v) is 10.1. The highest BCUT2D eigenvalue weighted by Crippen LogP contribution is 2.26. The number of alkyl carbamates (subject to hydrolysis) is 1. The van der Waals surface area contributed by atoms with E-state index in [4.69, 9.17) is 9.47 Å². The number of epoxide rings is 1. The first kappa shape index (κ1) is 12.6. The first-order valence-electron chi connectivity index (χ1n) is 5.72. The molecule has 1 aromatic rings. The average Bonchev–Trinajstić information content (AvgIpc) is 3.14. The van der Waals surface area contributed by atoms with E-state index in [1.807, 2.05) is 30.3 Å². The number of ketones is 1. The lowest BCUT2D eigenvalue weighted by molar-refractivity contribution is -0.122. The highest BCUT2D eigenvalue weighted by molar-refractivity contribution is 5.92. The predicted molar refractivity (Wildman–Crippen MR) is 64.0 cm³/mol.